The standard InChI is InChI=1S/C18H14N2S2/c1-2-4-14-9-16(6-5-13(14)3-1)19-10-17-12-22-18(20-17)15-7-8-21-11-15/h1-9,11-12,19H,10H2. The molecule has 4 aromatic rings. The number of nitrogens with one attached hydrogen (secondary N) is 1. The molecule has 0 spiro atoms. The van der Waals surface area contributed by atoms with Crippen LogP contribution < -0.4 is 5.32 Å². The maximum atomic E-state index is 4.69. The predicted molar refractivity (Wildman–Crippen MR) is 96.7 cm³/mol. The summed E-state index contributed by atoms with van der Waals surface area (Å²) in [6, 6.07) is 17.0. The van der Waals surface area contributed by atoms with Crippen LogP contribution in [0.5, 0.6) is 0 Å². The maximum Gasteiger partial charge on any atom is 0.124 e. The normalized spacial score (nSPS) is 10.9. The molecule has 0 radical (unpaired) electrons. The third-order valence-electron chi connectivity index (χ3n) is 3.54. The average molecular weight is 322 g/mol. The van der Waals surface area contributed by atoms with E-state index in [1.165, 1.54) is 16.3 Å². The van der Waals surface area contributed by atoms with E-state index in [0.717, 1.165) is 22.9 Å². The van der Waals surface area contributed by atoms with Crippen molar-refractivity contribution in [3.05, 3.63) is 70.4 Å². The van der Waals surface area contributed by atoms with Gasteiger partial charge < -0.3 is 5.32 Å². The number of nitrogens with zero attached hydrogens (tertiary/aromatic N) is 1. The molecule has 2 aromatic carbocycles. The highest BCUT2D eigenvalue weighted by Crippen LogP contribution is 2.26. The van der Waals surface area contributed by atoms with Crippen LogP contribution in [0.1, 0.15) is 5.69 Å². The molecular formula is C18H14N2S2. The van der Waals surface area contributed by atoms with E-state index < -0.39 is 0 Å². The quantitative estimate of drug-likeness (QED) is 0.526. The van der Waals surface area contributed by atoms with E-state index in [4.69, 9.17) is 4.98 Å². The summed E-state index contributed by atoms with van der Waals surface area (Å²) in [5.41, 5.74) is 3.43. The Morgan fingerprint density at radius 3 is 2.73 bits per heavy atom. The molecule has 0 saturated carbocycles. The molecule has 0 aliphatic rings. The van der Waals surface area contributed by atoms with Gasteiger partial charge in [0.15, 0.2) is 0 Å². The highest BCUT2D eigenvalue weighted by Gasteiger charge is 2.05. The predicted octanol–water partition coefficient (Wildman–Crippen LogP) is 5.64. The van der Waals surface area contributed by atoms with Crippen LogP contribution in [0.25, 0.3) is 21.3 Å². The van der Waals surface area contributed by atoms with Crippen molar-refractivity contribution >= 4 is 39.1 Å². The molecule has 0 aliphatic carbocycles. The van der Waals surface area contributed by atoms with E-state index in [2.05, 4.69) is 70.0 Å². The molecule has 0 bridgehead atoms. The highest BCUT2D eigenvalue weighted by molar-refractivity contribution is 7.14. The van der Waals surface area contributed by atoms with Gasteiger partial charge >= 0.3 is 0 Å². The first-order valence-corrected chi connectivity index (χ1v) is 8.90. The summed E-state index contributed by atoms with van der Waals surface area (Å²) in [4.78, 5) is 4.69. The van der Waals surface area contributed by atoms with Gasteiger partial charge in [0.05, 0.1) is 12.2 Å². The van der Waals surface area contributed by atoms with Crippen molar-refractivity contribution in [3.8, 4) is 10.6 Å². The first-order valence-electron chi connectivity index (χ1n) is 7.08. The number of anilines is 1. The minimum Gasteiger partial charge on any atom is -0.379 e. The number of thiazole rings is 1. The molecule has 0 aliphatic heterocycles. The van der Waals surface area contributed by atoms with Crippen LogP contribution in [-0.4, -0.2) is 4.98 Å². The fraction of sp³-hybridized carbons (Fsp3) is 0.0556. The van der Waals surface area contributed by atoms with Crippen molar-refractivity contribution in [2.45, 2.75) is 6.54 Å². The minimum absolute atomic E-state index is 0.749. The molecule has 2 nitrogen and oxygen atoms in total. The number of aromatic nitrogens is 1. The van der Waals surface area contributed by atoms with Crippen molar-refractivity contribution in [2.75, 3.05) is 5.32 Å². The van der Waals surface area contributed by atoms with Crippen LogP contribution in [0.3, 0.4) is 0 Å². The lowest BCUT2D eigenvalue weighted by Crippen LogP contribution is -1.99. The molecular weight excluding hydrogens is 308 g/mol. The van der Waals surface area contributed by atoms with Crippen LogP contribution in [-0.2, 0) is 6.54 Å². The van der Waals surface area contributed by atoms with E-state index in [9.17, 15) is 0 Å². The molecule has 0 saturated heterocycles. The van der Waals surface area contributed by atoms with Crippen molar-refractivity contribution < 1.29 is 0 Å². The van der Waals surface area contributed by atoms with Crippen LogP contribution >= 0.6 is 22.7 Å². The van der Waals surface area contributed by atoms with Gasteiger partial charge in [-0.1, -0.05) is 30.3 Å². The number of hydrogen-bond donors (Lipinski definition) is 1. The number of fused-ring (bicyclic) bond motifs is 1. The molecule has 0 atom stereocenters. The van der Waals surface area contributed by atoms with E-state index in [-0.39, 0.29) is 0 Å². The first kappa shape index (κ1) is 13.5. The number of benzene rings is 2. The van der Waals surface area contributed by atoms with Gasteiger partial charge in [-0.25, -0.2) is 4.98 Å². The van der Waals surface area contributed by atoms with Gasteiger partial charge in [-0.3, -0.25) is 0 Å². The van der Waals surface area contributed by atoms with Gasteiger partial charge in [-0.2, -0.15) is 11.3 Å². The van der Waals surface area contributed by atoms with E-state index >= 15 is 0 Å². The first-order chi connectivity index (χ1) is 10.9. The molecule has 1 N–H and O–H groups in total. The molecule has 4 rings (SSSR count). The zero-order chi connectivity index (χ0) is 14.8. The molecule has 108 valence electrons. The van der Waals surface area contributed by atoms with Crippen molar-refractivity contribution in [1.82, 2.24) is 4.98 Å². The van der Waals surface area contributed by atoms with Gasteiger partial charge in [0, 0.05) is 22.0 Å². The SMILES string of the molecule is c1ccc2cc(NCc3csc(-c4ccsc4)n3)ccc2c1. The summed E-state index contributed by atoms with van der Waals surface area (Å²) < 4.78 is 0. The lowest BCUT2D eigenvalue weighted by molar-refractivity contribution is 1.08. The zero-order valence-electron chi connectivity index (χ0n) is 11.8. The molecule has 2 heterocycles. The average Bonchev–Trinajstić information content (AvgIpc) is 3.24. The van der Waals surface area contributed by atoms with Crippen LogP contribution in [0.15, 0.2) is 64.7 Å². The Labute approximate surface area is 137 Å². The Morgan fingerprint density at radius 2 is 1.86 bits per heavy atom. The summed E-state index contributed by atoms with van der Waals surface area (Å²) in [6.07, 6.45) is 0. The van der Waals surface area contributed by atoms with E-state index in [1.807, 2.05) is 0 Å². The van der Waals surface area contributed by atoms with Crippen LogP contribution in [0.2, 0.25) is 0 Å². The lowest BCUT2D eigenvalue weighted by atomic mass is 10.1. The zero-order valence-corrected chi connectivity index (χ0v) is 13.5. The lowest BCUT2D eigenvalue weighted by Gasteiger charge is -2.06. The van der Waals surface area contributed by atoms with Crippen molar-refractivity contribution in [1.29, 1.82) is 0 Å². The Kier molecular flexibility index (Phi) is 3.62. The second-order valence-corrected chi connectivity index (χ2v) is 6.71. The smallest absolute Gasteiger partial charge is 0.124 e. The largest absolute Gasteiger partial charge is 0.379 e. The highest BCUT2D eigenvalue weighted by atomic mass is 32.1. The van der Waals surface area contributed by atoms with Gasteiger partial charge in [0.1, 0.15) is 5.01 Å². The molecule has 2 aromatic heterocycles. The Balaban J connectivity index is 1.49. The molecule has 0 amide bonds. The second kappa shape index (κ2) is 5.91. The van der Waals surface area contributed by atoms with Crippen LogP contribution in [0, 0.1) is 0 Å². The monoisotopic (exact) mass is 322 g/mol. The van der Waals surface area contributed by atoms with Crippen molar-refractivity contribution in [3.63, 3.8) is 0 Å². The van der Waals surface area contributed by atoms with Gasteiger partial charge in [-0.15, -0.1) is 11.3 Å². The Morgan fingerprint density at radius 1 is 0.955 bits per heavy atom. The number of thiophene rings is 1. The summed E-state index contributed by atoms with van der Waals surface area (Å²) >= 11 is 3.41. The number of hydrogen-bond acceptors (Lipinski definition) is 4. The van der Waals surface area contributed by atoms with E-state index in [1.54, 1.807) is 22.7 Å². The maximum absolute atomic E-state index is 4.69. The third kappa shape index (κ3) is 2.75. The Bertz CT molecular complexity index is 894. The van der Waals surface area contributed by atoms with Gasteiger partial charge in [0.2, 0.25) is 0 Å². The summed E-state index contributed by atoms with van der Waals surface area (Å²) in [6.45, 7) is 0.749. The third-order valence-corrected chi connectivity index (χ3v) is 5.17. The number of rotatable bonds is 4. The van der Waals surface area contributed by atoms with Crippen molar-refractivity contribution in [2.24, 2.45) is 0 Å². The van der Waals surface area contributed by atoms with E-state index in [0.29, 0.717) is 0 Å². The molecule has 0 unspecified atom stereocenters. The minimum atomic E-state index is 0.749. The topological polar surface area (TPSA) is 24.9 Å². The fourth-order valence-electron chi connectivity index (χ4n) is 2.40. The summed E-state index contributed by atoms with van der Waals surface area (Å²) in [5.74, 6) is 0. The molecule has 0 fully saturated rings. The molecule has 22 heavy (non-hydrogen) atoms. The Hall–Kier alpha value is -2.17. The van der Waals surface area contributed by atoms with Gasteiger partial charge in [0.25, 0.3) is 0 Å². The molecule has 4 heteroatoms. The van der Waals surface area contributed by atoms with Gasteiger partial charge in [-0.05, 0) is 34.4 Å². The fourth-order valence-corrected chi connectivity index (χ4v) is 3.93. The summed E-state index contributed by atoms with van der Waals surface area (Å²) in [7, 11) is 0. The second-order valence-electron chi connectivity index (χ2n) is 5.07. The van der Waals surface area contributed by atoms with Crippen LogP contribution in [0.4, 0.5) is 5.69 Å². The summed E-state index contributed by atoms with van der Waals surface area (Å²) in [5, 5.41) is 13.4.